The molecule has 0 atom stereocenters. The Morgan fingerprint density at radius 3 is 2.65 bits per heavy atom. The second-order valence-electron chi connectivity index (χ2n) is 7.24. The number of hydrogen-bond donors (Lipinski definition) is 2. The number of nitrogens with two attached hydrogens (primary N) is 1. The van der Waals surface area contributed by atoms with E-state index in [1.54, 1.807) is 11.5 Å². The summed E-state index contributed by atoms with van der Waals surface area (Å²) in [7, 11) is 0. The lowest BCUT2D eigenvalue weighted by Gasteiger charge is -2.31. The lowest BCUT2D eigenvalue weighted by molar-refractivity contribution is 0.252. The third kappa shape index (κ3) is 2.95. The first kappa shape index (κ1) is 14.2. The number of nitrogens with one attached hydrogen (secondary N) is 1. The molecule has 20 heavy (non-hydrogen) atoms. The zero-order chi connectivity index (χ0) is 14.2. The van der Waals surface area contributed by atoms with Gasteiger partial charge >= 0.3 is 0 Å². The molecule has 2 aliphatic carbocycles. The van der Waals surface area contributed by atoms with Gasteiger partial charge in [0.2, 0.25) is 0 Å². The van der Waals surface area contributed by atoms with Gasteiger partial charge in [0.1, 0.15) is 10.8 Å². The standard InChI is InChI=1S/C16H27N3S/c1-11(2)9-16(7-3-4-8-16)10-18-15-13(12-5-6-12)14(17)19-20-15/h11-12,18H,3-10H2,1-2H3,(H2,17,19). The minimum absolute atomic E-state index is 0.508. The van der Waals surface area contributed by atoms with Gasteiger partial charge in [0.15, 0.2) is 0 Å². The Labute approximate surface area is 126 Å². The Balaban J connectivity index is 1.68. The fourth-order valence-corrected chi connectivity index (χ4v) is 4.71. The van der Waals surface area contributed by atoms with Crippen LogP contribution in [0.2, 0.25) is 0 Å². The van der Waals surface area contributed by atoms with Gasteiger partial charge in [-0.1, -0.05) is 26.7 Å². The molecular weight excluding hydrogens is 266 g/mol. The summed E-state index contributed by atoms with van der Waals surface area (Å²) in [6, 6.07) is 0. The molecule has 0 spiro atoms. The molecule has 0 bridgehead atoms. The van der Waals surface area contributed by atoms with Crippen molar-refractivity contribution in [3.05, 3.63) is 5.56 Å². The van der Waals surface area contributed by atoms with Crippen LogP contribution in [0.1, 0.15) is 70.3 Å². The van der Waals surface area contributed by atoms with E-state index in [-0.39, 0.29) is 0 Å². The molecule has 4 heteroatoms. The Kier molecular flexibility index (Phi) is 3.93. The van der Waals surface area contributed by atoms with E-state index < -0.39 is 0 Å². The molecule has 112 valence electrons. The zero-order valence-electron chi connectivity index (χ0n) is 12.7. The second kappa shape index (κ2) is 5.55. The van der Waals surface area contributed by atoms with Crippen molar-refractivity contribution in [2.45, 2.75) is 64.7 Å². The first-order chi connectivity index (χ1) is 9.60. The largest absolute Gasteiger partial charge is 0.383 e. The Morgan fingerprint density at radius 1 is 1.35 bits per heavy atom. The summed E-state index contributed by atoms with van der Waals surface area (Å²) in [4.78, 5) is 0. The summed E-state index contributed by atoms with van der Waals surface area (Å²) in [6.07, 6.45) is 9.47. The normalized spacial score (nSPS) is 21.6. The highest BCUT2D eigenvalue weighted by atomic mass is 32.1. The molecule has 0 aromatic carbocycles. The predicted octanol–water partition coefficient (Wildman–Crippen LogP) is 4.62. The van der Waals surface area contributed by atoms with Crippen molar-refractivity contribution in [1.82, 2.24) is 4.37 Å². The molecule has 0 aliphatic heterocycles. The van der Waals surface area contributed by atoms with E-state index >= 15 is 0 Å². The molecule has 2 saturated carbocycles. The van der Waals surface area contributed by atoms with Gasteiger partial charge < -0.3 is 11.1 Å². The molecule has 2 fully saturated rings. The number of nitrogens with zero attached hydrogens (tertiary/aromatic N) is 1. The maximum Gasteiger partial charge on any atom is 0.142 e. The van der Waals surface area contributed by atoms with Crippen LogP contribution in [0.25, 0.3) is 0 Å². The van der Waals surface area contributed by atoms with E-state index in [0.29, 0.717) is 11.3 Å². The quantitative estimate of drug-likeness (QED) is 0.804. The minimum atomic E-state index is 0.508. The van der Waals surface area contributed by atoms with Crippen LogP contribution >= 0.6 is 11.5 Å². The van der Waals surface area contributed by atoms with E-state index in [9.17, 15) is 0 Å². The monoisotopic (exact) mass is 293 g/mol. The zero-order valence-corrected chi connectivity index (χ0v) is 13.6. The number of anilines is 2. The molecule has 0 radical (unpaired) electrons. The van der Waals surface area contributed by atoms with E-state index in [1.165, 1.54) is 55.5 Å². The maximum atomic E-state index is 6.04. The summed E-state index contributed by atoms with van der Waals surface area (Å²) in [5, 5.41) is 4.97. The fourth-order valence-electron chi connectivity index (χ4n) is 3.92. The Bertz CT molecular complexity index is 456. The highest BCUT2D eigenvalue weighted by molar-refractivity contribution is 7.10. The number of hydrogen-bond acceptors (Lipinski definition) is 4. The van der Waals surface area contributed by atoms with Gasteiger partial charge in [-0.2, -0.15) is 4.37 Å². The number of rotatable bonds is 6. The van der Waals surface area contributed by atoms with Crippen molar-refractivity contribution < 1.29 is 0 Å². The molecule has 0 amide bonds. The van der Waals surface area contributed by atoms with Crippen LogP contribution in [0.3, 0.4) is 0 Å². The third-order valence-corrected chi connectivity index (χ3v) is 5.71. The molecule has 0 unspecified atom stereocenters. The first-order valence-corrected chi connectivity index (χ1v) is 8.86. The van der Waals surface area contributed by atoms with Crippen LogP contribution < -0.4 is 11.1 Å². The Hall–Kier alpha value is -0.770. The molecule has 3 nitrogen and oxygen atoms in total. The van der Waals surface area contributed by atoms with Crippen molar-refractivity contribution in [1.29, 1.82) is 0 Å². The predicted molar refractivity (Wildman–Crippen MR) is 87.3 cm³/mol. The summed E-state index contributed by atoms with van der Waals surface area (Å²) in [5.74, 6) is 2.23. The van der Waals surface area contributed by atoms with Crippen LogP contribution in [0, 0.1) is 11.3 Å². The second-order valence-corrected chi connectivity index (χ2v) is 8.02. The molecule has 2 aliphatic rings. The van der Waals surface area contributed by atoms with Gasteiger partial charge in [-0.25, -0.2) is 0 Å². The van der Waals surface area contributed by atoms with Crippen molar-refractivity contribution in [2.75, 3.05) is 17.6 Å². The van der Waals surface area contributed by atoms with Crippen molar-refractivity contribution in [3.63, 3.8) is 0 Å². The van der Waals surface area contributed by atoms with E-state index in [1.807, 2.05) is 0 Å². The van der Waals surface area contributed by atoms with Gasteiger partial charge in [0, 0.05) is 12.1 Å². The Morgan fingerprint density at radius 2 is 2.05 bits per heavy atom. The molecular formula is C16H27N3S. The van der Waals surface area contributed by atoms with Gasteiger partial charge in [-0.3, -0.25) is 0 Å². The van der Waals surface area contributed by atoms with Gasteiger partial charge in [0.25, 0.3) is 0 Å². The topological polar surface area (TPSA) is 50.9 Å². The lowest BCUT2D eigenvalue weighted by Crippen LogP contribution is -2.28. The highest BCUT2D eigenvalue weighted by Gasteiger charge is 2.35. The third-order valence-electron chi connectivity index (χ3n) is 4.87. The van der Waals surface area contributed by atoms with Crippen molar-refractivity contribution in [2.24, 2.45) is 11.3 Å². The molecule has 0 saturated heterocycles. The van der Waals surface area contributed by atoms with Crippen LogP contribution in [0.5, 0.6) is 0 Å². The van der Waals surface area contributed by atoms with Crippen LogP contribution in [-0.4, -0.2) is 10.9 Å². The first-order valence-electron chi connectivity index (χ1n) is 8.08. The minimum Gasteiger partial charge on any atom is -0.383 e. The molecule has 3 rings (SSSR count). The summed E-state index contributed by atoms with van der Waals surface area (Å²) in [6.45, 7) is 5.80. The average molecular weight is 293 g/mol. The van der Waals surface area contributed by atoms with Crippen LogP contribution in [-0.2, 0) is 0 Å². The molecule has 1 aromatic heterocycles. The number of aromatic nitrogens is 1. The van der Waals surface area contributed by atoms with Gasteiger partial charge in [0.05, 0.1) is 0 Å². The van der Waals surface area contributed by atoms with E-state index in [0.717, 1.165) is 18.3 Å². The highest BCUT2D eigenvalue weighted by Crippen LogP contribution is 2.49. The van der Waals surface area contributed by atoms with Crippen molar-refractivity contribution in [3.8, 4) is 0 Å². The lowest BCUT2D eigenvalue weighted by atomic mass is 9.78. The fraction of sp³-hybridized carbons (Fsp3) is 0.812. The molecule has 1 heterocycles. The maximum absolute atomic E-state index is 6.04. The van der Waals surface area contributed by atoms with Gasteiger partial charge in [-0.05, 0) is 60.9 Å². The average Bonchev–Trinajstić information content (AvgIpc) is 3.01. The molecule has 3 N–H and O–H groups in total. The van der Waals surface area contributed by atoms with E-state index in [4.69, 9.17) is 5.73 Å². The molecule has 1 aromatic rings. The SMILES string of the molecule is CC(C)CC1(CNc2snc(N)c2C2CC2)CCCC1. The van der Waals surface area contributed by atoms with Gasteiger partial charge in [-0.15, -0.1) is 0 Å². The summed E-state index contributed by atoms with van der Waals surface area (Å²) in [5.41, 5.74) is 7.86. The summed E-state index contributed by atoms with van der Waals surface area (Å²) < 4.78 is 4.36. The van der Waals surface area contributed by atoms with Crippen LogP contribution in [0.15, 0.2) is 0 Å². The number of nitrogen functional groups attached to an aromatic ring is 1. The van der Waals surface area contributed by atoms with Crippen molar-refractivity contribution >= 4 is 22.4 Å². The smallest absolute Gasteiger partial charge is 0.142 e. The van der Waals surface area contributed by atoms with E-state index in [2.05, 4.69) is 23.5 Å². The summed E-state index contributed by atoms with van der Waals surface area (Å²) >= 11 is 1.56. The van der Waals surface area contributed by atoms with Crippen LogP contribution in [0.4, 0.5) is 10.8 Å².